The summed E-state index contributed by atoms with van der Waals surface area (Å²) in [7, 11) is 0. The average Bonchev–Trinajstić information content (AvgIpc) is 2.39. The second-order valence-electron chi connectivity index (χ2n) is 4.58. The third-order valence-corrected chi connectivity index (χ3v) is 2.94. The second-order valence-corrected chi connectivity index (χ2v) is 4.58. The Kier molecular flexibility index (Phi) is 3.72. The zero-order valence-electron chi connectivity index (χ0n) is 10.9. The number of hydrogen-bond acceptors (Lipinski definition) is 3. The fraction of sp³-hybridized carbons (Fsp3) is 0.188. The van der Waals surface area contributed by atoms with Gasteiger partial charge in [0.1, 0.15) is 5.92 Å². The number of nitrogens with zero attached hydrogens (tertiary/aromatic N) is 2. The Balaban J connectivity index is 2.40. The molecule has 0 spiro atoms. The molecule has 0 bridgehead atoms. The van der Waals surface area contributed by atoms with Crippen LogP contribution < -0.4 is 0 Å². The van der Waals surface area contributed by atoms with E-state index < -0.39 is 5.92 Å². The van der Waals surface area contributed by atoms with Crippen LogP contribution in [-0.2, 0) is 0 Å². The monoisotopic (exact) mass is 250 g/mol. The first-order valence-corrected chi connectivity index (χ1v) is 6.04. The molecule has 0 aliphatic carbocycles. The topological polar surface area (TPSA) is 53.8 Å². The van der Waals surface area contributed by atoms with Gasteiger partial charge in [0.2, 0.25) is 0 Å². The number of hydrogen-bond donors (Lipinski definition) is 0. The first-order chi connectivity index (χ1) is 9.11. The molecule has 0 fully saturated rings. The van der Waals surface area contributed by atoms with E-state index in [9.17, 15) is 10.1 Å². The van der Waals surface area contributed by atoms with Gasteiger partial charge in [0.15, 0.2) is 5.78 Å². The molecule has 0 amide bonds. The molecule has 94 valence electrons. The largest absolute Gasteiger partial charge is 0.292 e. The molecule has 1 unspecified atom stereocenters. The van der Waals surface area contributed by atoms with Crippen LogP contribution in [0.2, 0.25) is 0 Å². The molecular formula is C16H14N2O. The Labute approximate surface area is 112 Å². The van der Waals surface area contributed by atoms with Gasteiger partial charge in [0.05, 0.1) is 6.07 Å². The van der Waals surface area contributed by atoms with Crippen molar-refractivity contribution in [3.63, 3.8) is 0 Å². The van der Waals surface area contributed by atoms with Crippen molar-refractivity contribution >= 4 is 5.78 Å². The Hall–Kier alpha value is -2.47. The minimum absolute atomic E-state index is 0.166. The van der Waals surface area contributed by atoms with Crippen molar-refractivity contribution in [2.24, 2.45) is 0 Å². The molecule has 2 rings (SSSR count). The first-order valence-electron chi connectivity index (χ1n) is 6.04. The lowest BCUT2D eigenvalue weighted by Crippen LogP contribution is -2.11. The van der Waals surface area contributed by atoms with E-state index in [-0.39, 0.29) is 5.78 Å². The van der Waals surface area contributed by atoms with Gasteiger partial charge < -0.3 is 0 Å². The molecule has 0 saturated carbocycles. The average molecular weight is 250 g/mol. The zero-order chi connectivity index (χ0) is 13.8. The maximum Gasteiger partial charge on any atom is 0.184 e. The first kappa shape index (κ1) is 13.0. The van der Waals surface area contributed by atoms with Crippen LogP contribution in [0.25, 0.3) is 0 Å². The normalized spacial score (nSPS) is 11.6. The highest BCUT2D eigenvalue weighted by Crippen LogP contribution is 2.21. The predicted molar refractivity (Wildman–Crippen MR) is 72.8 cm³/mol. The number of pyridine rings is 1. The van der Waals surface area contributed by atoms with E-state index in [1.807, 2.05) is 32.0 Å². The lowest BCUT2D eigenvalue weighted by Gasteiger charge is -2.09. The third-order valence-electron chi connectivity index (χ3n) is 2.94. The number of carbonyl (C=O) groups is 1. The van der Waals surface area contributed by atoms with E-state index in [4.69, 9.17) is 0 Å². The molecule has 0 N–H and O–H groups in total. The van der Waals surface area contributed by atoms with E-state index in [0.717, 1.165) is 11.1 Å². The summed E-state index contributed by atoms with van der Waals surface area (Å²) in [6, 6.07) is 11.1. The fourth-order valence-corrected chi connectivity index (χ4v) is 2.12. The lowest BCUT2D eigenvalue weighted by atomic mass is 9.91. The van der Waals surface area contributed by atoms with Gasteiger partial charge in [-0.3, -0.25) is 9.78 Å². The number of nitriles is 1. The van der Waals surface area contributed by atoms with Crippen LogP contribution in [0.1, 0.15) is 33.0 Å². The summed E-state index contributed by atoms with van der Waals surface area (Å²) in [4.78, 5) is 16.3. The molecule has 0 aliphatic rings. The van der Waals surface area contributed by atoms with E-state index in [1.54, 1.807) is 24.5 Å². The number of rotatable bonds is 3. The molecule has 1 aromatic heterocycles. The van der Waals surface area contributed by atoms with Crippen molar-refractivity contribution < 1.29 is 4.79 Å². The van der Waals surface area contributed by atoms with Crippen LogP contribution in [-0.4, -0.2) is 10.8 Å². The molecule has 2 aromatic rings. The van der Waals surface area contributed by atoms with Crippen molar-refractivity contribution in [1.82, 2.24) is 4.98 Å². The molecule has 1 atom stereocenters. The van der Waals surface area contributed by atoms with Gasteiger partial charge in [-0.15, -0.1) is 0 Å². The molecule has 1 aromatic carbocycles. The summed E-state index contributed by atoms with van der Waals surface area (Å²) in [5.41, 5.74) is 3.31. The number of aryl methyl sites for hydroxylation is 2. The summed E-state index contributed by atoms with van der Waals surface area (Å²) in [6.07, 6.45) is 3.18. The standard InChI is InChI=1S/C16H14N2O/c1-11-7-12(2)9-14(8-11)16(19)15(10-17)13-3-5-18-6-4-13/h3-9,15H,1-2H3. The molecule has 19 heavy (non-hydrogen) atoms. The van der Waals surface area contributed by atoms with Gasteiger partial charge in [-0.1, -0.05) is 17.2 Å². The van der Waals surface area contributed by atoms with Crippen LogP contribution in [0.15, 0.2) is 42.7 Å². The zero-order valence-corrected chi connectivity index (χ0v) is 10.9. The number of ketones is 1. The smallest absolute Gasteiger partial charge is 0.184 e. The van der Waals surface area contributed by atoms with Crippen LogP contribution in [0.4, 0.5) is 0 Å². The highest BCUT2D eigenvalue weighted by molar-refractivity contribution is 6.03. The quantitative estimate of drug-likeness (QED) is 0.786. The van der Waals surface area contributed by atoms with E-state index >= 15 is 0 Å². The van der Waals surface area contributed by atoms with Crippen LogP contribution in [0.5, 0.6) is 0 Å². The minimum Gasteiger partial charge on any atom is -0.292 e. The lowest BCUT2D eigenvalue weighted by molar-refractivity contribution is 0.0978. The summed E-state index contributed by atoms with van der Waals surface area (Å²) in [5, 5.41) is 9.26. The van der Waals surface area contributed by atoms with Gasteiger partial charge in [0.25, 0.3) is 0 Å². The maximum atomic E-state index is 12.4. The molecular weight excluding hydrogens is 236 g/mol. The molecule has 0 aliphatic heterocycles. The van der Waals surface area contributed by atoms with Crippen molar-refractivity contribution in [2.75, 3.05) is 0 Å². The number of aromatic nitrogens is 1. The van der Waals surface area contributed by atoms with Crippen molar-refractivity contribution in [2.45, 2.75) is 19.8 Å². The van der Waals surface area contributed by atoms with Crippen LogP contribution in [0.3, 0.4) is 0 Å². The minimum atomic E-state index is -0.774. The maximum absolute atomic E-state index is 12.4. The van der Waals surface area contributed by atoms with Crippen LogP contribution in [0, 0.1) is 25.2 Å². The fourth-order valence-electron chi connectivity index (χ4n) is 2.12. The summed E-state index contributed by atoms with van der Waals surface area (Å²) >= 11 is 0. The predicted octanol–water partition coefficient (Wildman–Crippen LogP) is 3.19. The number of Topliss-reactive ketones (excluding diaryl/α,β-unsaturated/α-hetero) is 1. The molecule has 3 nitrogen and oxygen atoms in total. The van der Waals surface area contributed by atoms with E-state index in [1.165, 1.54) is 0 Å². The Morgan fingerprint density at radius 2 is 1.74 bits per heavy atom. The van der Waals surface area contributed by atoms with Gasteiger partial charge >= 0.3 is 0 Å². The Bertz CT molecular complexity index is 621. The Morgan fingerprint density at radius 1 is 1.16 bits per heavy atom. The number of carbonyl (C=O) groups excluding carboxylic acids is 1. The summed E-state index contributed by atoms with van der Waals surface area (Å²) in [6.45, 7) is 3.88. The van der Waals surface area contributed by atoms with Crippen molar-refractivity contribution in [1.29, 1.82) is 5.26 Å². The summed E-state index contributed by atoms with van der Waals surface area (Å²) < 4.78 is 0. The molecule has 1 heterocycles. The molecule has 0 radical (unpaired) electrons. The van der Waals surface area contributed by atoms with E-state index in [0.29, 0.717) is 11.1 Å². The Morgan fingerprint density at radius 3 is 2.26 bits per heavy atom. The highest BCUT2D eigenvalue weighted by atomic mass is 16.1. The number of benzene rings is 1. The van der Waals surface area contributed by atoms with Crippen molar-refractivity contribution in [3.05, 3.63) is 65.0 Å². The van der Waals surface area contributed by atoms with Gasteiger partial charge in [-0.2, -0.15) is 5.26 Å². The molecule has 3 heteroatoms. The van der Waals surface area contributed by atoms with Crippen LogP contribution >= 0.6 is 0 Å². The second kappa shape index (κ2) is 5.45. The summed E-state index contributed by atoms with van der Waals surface area (Å²) in [5.74, 6) is -0.940. The SMILES string of the molecule is Cc1cc(C)cc(C(=O)C(C#N)c2ccncc2)c1. The third kappa shape index (κ3) is 2.86. The highest BCUT2D eigenvalue weighted by Gasteiger charge is 2.21. The van der Waals surface area contributed by atoms with Gasteiger partial charge in [0, 0.05) is 18.0 Å². The van der Waals surface area contributed by atoms with Gasteiger partial charge in [-0.25, -0.2) is 0 Å². The van der Waals surface area contributed by atoms with Crippen molar-refractivity contribution in [3.8, 4) is 6.07 Å². The van der Waals surface area contributed by atoms with Gasteiger partial charge in [-0.05, 0) is 43.7 Å². The molecule has 0 saturated heterocycles. The van der Waals surface area contributed by atoms with E-state index in [2.05, 4.69) is 11.1 Å².